The van der Waals surface area contributed by atoms with Crippen molar-refractivity contribution in [2.45, 2.75) is 40.2 Å². The minimum Gasteiger partial charge on any atom is -0.346 e. The summed E-state index contributed by atoms with van der Waals surface area (Å²) in [4.78, 5) is 28.7. The topological polar surface area (TPSA) is 97.1 Å². The Bertz CT molecular complexity index is 491. The highest BCUT2D eigenvalue weighted by atomic mass is 35.5. The van der Waals surface area contributed by atoms with Crippen molar-refractivity contribution in [2.75, 3.05) is 11.9 Å². The molecule has 1 aromatic heterocycles. The van der Waals surface area contributed by atoms with Gasteiger partial charge in [0.05, 0.1) is 18.3 Å². The third-order valence-electron chi connectivity index (χ3n) is 2.92. The molecule has 0 aliphatic carbocycles. The van der Waals surface area contributed by atoms with Crippen LogP contribution >= 0.6 is 23.7 Å². The quantitative estimate of drug-likeness (QED) is 0.734. The molecule has 120 valence electrons. The highest BCUT2D eigenvalue weighted by Gasteiger charge is 2.18. The number of nitrogens with two attached hydrogens (primary N) is 1. The number of anilines is 1. The molecule has 0 radical (unpaired) electrons. The van der Waals surface area contributed by atoms with Crippen LogP contribution in [0.4, 0.5) is 5.13 Å². The van der Waals surface area contributed by atoms with Crippen LogP contribution in [0.3, 0.4) is 0 Å². The summed E-state index contributed by atoms with van der Waals surface area (Å²) in [5.74, 6) is -0.586. The van der Waals surface area contributed by atoms with E-state index in [0.717, 1.165) is 17.0 Å². The highest BCUT2D eigenvalue weighted by Crippen LogP contribution is 2.21. The lowest BCUT2D eigenvalue weighted by atomic mass is 10.1. The van der Waals surface area contributed by atoms with Crippen molar-refractivity contribution >= 4 is 40.7 Å². The highest BCUT2D eigenvalue weighted by molar-refractivity contribution is 7.15. The van der Waals surface area contributed by atoms with Crippen molar-refractivity contribution < 1.29 is 9.59 Å². The van der Waals surface area contributed by atoms with Crippen LogP contribution in [0.5, 0.6) is 0 Å². The first kappa shape index (κ1) is 19.8. The SMILES string of the molecule is CCc1nc(NC(=O)CNC(=O)[C@@H](N)C(C)C)sc1C.Cl. The molecule has 0 saturated heterocycles. The maximum atomic E-state index is 11.7. The Morgan fingerprint density at radius 3 is 2.48 bits per heavy atom. The van der Waals surface area contributed by atoms with Crippen molar-refractivity contribution in [1.29, 1.82) is 0 Å². The van der Waals surface area contributed by atoms with E-state index in [1.54, 1.807) is 0 Å². The number of hydrogen-bond donors (Lipinski definition) is 3. The second kappa shape index (κ2) is 8.96. The molecular weight excluding hydrogens is 312 g/mol. The second-order valence-corrected chi connectivity index (χ2v) is 6.11. The smallest absolute Gasteiger partial charge is 0.245 e. The molecule has 0 bridgehead atoms. The summed E-state index contributed by atoms with van der Waals surface area (Å²) in [6.07, 6.45) is 0.832. The van der Waals surface area contributed by atoms with Crippen molar-refractivity contribution in [3.8, 4) is 0 Å². The van der Waals surface area contributed by atoms with E-state index in [0.29, 0.717) is 5.13 Å². The lowest BCUT2D eigenvalue weighted by molar-refractivity contribution is -0.125. The van der Waals surface area contributed by atoms with E-state index in [-0.39, 0.29) is 36.7 Å². The number of aromatic nitrogens is 1. The molecular formula is C13H23ClN4O2S. The molecule has 1 rings (SSSR count). The van der Waals surface area contributed by atoms with Gasteiger partial charge in [-0.25, -0.2) is 4.98 Å². The van der Waals surface area contributed by atoms with Crippen LogP contribution in [0.25, 0.3) is 0 Å². The Balaban J connectivity index is 0.00000400. The number of carbonyl (C=O) groups excluding carboxylic acids is 2. The molecule has 0 unspecified atom stereocenters. The largest absolute Gasteiger partial charge is 0.346 e. The zero-order chi connectivity index (χ0) is 15.3. The van der Waals surface area contributed by atoms with E-state index in [1.165, 1.54) is 11.3 Å². The van der Waals surface area contributed by atoms with Crippen LogP contribution in [-0.2, 0) is 16.0 Å². The molecule has 0 aliphatic rings. The number of carbonyl (C=O) groups is 2. The van der Waals surface area contributed by atoms with E-state index in [4.69, 9.17) is 5.73 Å². The van der Waals surface area contributed by atoms with Gasteiger partial charge in [-0.3, -0.25) is 9.59 Å². The average Bonchev–Trinajstić information content (AvgIpc) is 2.74. The Morgan fingerprint density at radius 1 is 1.38 bits per heavy atom. The number of thiazole rings is 1. The van der Waals surface area contributed by atoms with E-state index in [1.807, 2.05) is 27.7 Å². The fraction of sp³-hybridized carbons (Fsp3) is 0.615. The summed E-state index contributed by atoms with van der Waals surface area (Å²) in [7, 11) is 0. The number of aryl methyl sites for hydroxylation is 2. The molecule has 6 nitrogen and oxygen atoms in total. The molecule has 8 heteroatoms. The molecule has 2 amide bonds. The maximum Gasteiger partial charge on any atom is 0.245 e. The molecule has 0 spiro atoms. The Kier molecular flexibility index (Phi) is 8.46. The van der Waals surface area contributed by atoms with Gasteiger partial charge in [0.1, 0.15) is 0 Å². The molecule has 0 aliphatic heterocycles. The number of halogens is 1. The van der Waals surface area contributed by atoms with Crippen LogP contribution in [0.15, 0.2) is 0 Å². The molecule has 0 aromatic carbocycles. The minimum atomic E-state index is -0.600. The molecule has 0 fully saturated rings. The van der Waals surface area contributed by atoms with E-state index < -0.39 is 6.04 Å². The molecule has 4 N–H and O–H groups in total. The lowest BCUT2D eigenvalue weighted by Gasteiger charge is -2.14. The van der Waals surface area contributed by atoms with Crippen LogP contribution in [0, 0.1) is 12.8 Å². The zero-order valence-electron chi connectivity index (χ0n) is 12.7. The summed E-state index contributed by atoms with van der Waals surface area (Å²) in [5, 5.41) is 5.76. The van der Waals surface area contributed by atoms with Crippen molar-refractivity contribution in [1.82, 2.24) is 10.3 Å². The molecule has 1 heterocycles. The fourth-order valence-corrected chi connectivity index (χ4v) is 2.48. The van der Waals surface area contributed by atoms with Gasteiger partial charge in [0, 0.05) is 4.88 Å². The summed E-state index contributed by atoms with van der Waals surface area (Å²) in [5.41, 5.74) is 6.67. The van der Waals surface area contributed by atoms with Gasteiger partial charge >= 0.3 is 0 Å². The molecule has 21 heavy (non-hydrogen) atoms. The summed E-state index contributed by atoms with van der Waals surface area (Å²) < 4.78 is 0. The van der Waals surface area contributed by atoms with E-state index in [2.05, 4.69) is 15.6 Å². The maximum absolute atomic E-state index is 11.7. The van der Waals surface area contributed by atoms with Crippen molar-refractivity contribution in [3.05, 3.63) is 10.6 Å². The first-order valence-electron chi connectivity index (χ1n) is 6.64. The van der Waals surface area contributed by atoms with Crippen LogP contribution < -0.4 is 16.4 Å². The molecule has 1 aromatic rings. The fourth-order valence-electron chi connectivity index (χ4n) is 1.56. The molecule has 1 atom stereocenters. The van der Waals surface area contributed by atoms with Crippen LogP contribution in [-0.4, -0.2) is 29.4 Å². The standard InChI is InChI=1S/C13H22N4O2S.ClH/c1-5-9-8(4)20-13(16-9)17-10(18)6-15-12(19)11(14)7(2)3;/h7,11H,5-6,14H2,1-4H3,(H,15,19)(H,16,17,18);1H/t11-;/m0./s1. The van der Waals surface area contributed by atoms with Crippen molar-refractivity contribution in [2.24, 2.45) is 11.7 Å². The molecule has 0 saturated carbocycles. The lowest BCUT2D eigenvalue weighted by Crippen LogP contribution is -2.46. The number of nitrogens with zero attached hydrogens (tertiary/aromatic N) is 1. The Labute approximate surface area is 135 Å². The third kappa shape index (κ3) is 5.99. The van der Waals surface area contributed by atoms with Gasteiger partial charge < -0.3 is 16.4 Å². The van der Waals surface area contributed by atoms with Gasteiger partial charge in [-0.2, -0.15) is 0 Å². The van der Waals surface area contributed by atoms with E-state index in [9.17, 15) is 9.59 Å². The second-order valence-electron chi connectivity index (χ2n) is 4.91. The van der Waals surface area contributed by atoms with Crippen LogP contribution in [0.1, 0.15) is 31.3 Å². The first-order valence-corrected chi connectivity index (χ1v) is 7.46. The van der Waals surface area contributed by atoms with Gasteiger partial charge in [0.25, 0.3) is 0 Å². The van der Waals surface area contributed by atoms with Gasteiger partial charge in [0.2, 0.25) is 11.8 Å². The van der Waals surface area contributed by atoms with Gasteiger partial charge in [0.15, 0.2) is 5.13 Å². The monoisotopic (exact) mass is 334 g/mol. The first-order chi connectivity index (χ1) is 9.35. The predicted octanol–water partition coefficient (Wildman–Crippen LogP) is 1.47. The summed E-state index contributed by atoms with van der Waals surface area (Å²) >= 11 is 1.43. The van der Waals surface area contributed by atoms with Gasteiger partial charge in [-0.15, -0.1) is 23.7 Å². The zero-order valence-corrected chi connectivity index (χ0v) is 14.4. The number of amides is 2. The number of hydrogen-bond acceptors (Lipinski definition) is 5. The predicted molar refractivity (Wildman–Crippen MR) is 87.9 cm³/mol. The Hall–Kier alpha value is -1.18. The van der Waals surface area contributed by atoms with Crippen LogP contribution in [0.2, 0.25) is 0 Å². The average molecular weight is 335 g/mol. The number of nitrogens with one attached hydrogen (secondary N) is 2. The van der Waals surface area contributed by atoms with Gasteiger partial charge in [-0.05, 0) is 19.3 Å². The summed E-state index contributed by atoms with van der Waals surface area (Å²) in [6.45, 7) is 7.60. The minimum absolute atomic E-state index is 0. The van der Waals surface area contributed by atoms with E-state index >= 15 is 0 Å². The normalized spacial score (nSPS) is 11.7. The van der Waals surface area contributed by atoms with Crippen molar-refractivity contribution in [3.63, 3.8) is 0 Å². The number of rotatable bonds is 6. The van der Waals surface area contributed by atoms with Gasteiger partial charge in [-0.1, -0.05) is 20.8 Å². The Morgan fingerprint density at radius 2 is 2.00 bits per heavy atom. The summed E-state index contributed by atoms with van der Waals surface area (Å²) in [6, 6.07) is -0.600. The third-order valence-corrected chi connectivity index (χ3v) is 3.85.